The van der Waals surface area contributed by atoms with Gasteiger partial charge in [-0.15, -0.1) is 0 Å². The molecular formula is CAlCaO3+3. The van der Waals surface area contributed by atoms with Crippen molar-refractivity contribution in [3.05, 3.63) is 0 Å². The number of carbonyl (C=O) groups excluding carboxylic acids is 1. The molecule has 0 aliphatic carbocycles. The van der Waals surface area contributed by atoms with Gasteiger partial charge in [0.1, 0.15) is 0 Å². The van der Waals surface area contributed by atoms with Crippen molar-refractivity contribution < 1.29 is 15.0 Å². The summed E-state index contributed by atoms with van der Waals surface area (Å²) in [6, 6.07) is 0. The van der Waals surface area contributed by atoms with E-state index < -0.39 is 6.16 Å². The molecule has 5 heteroatoms. The number of rotatable bonds is 0. The first-order valence-electron chi connectivity index (χ1n) is 0.612. The smallest absolute Gasteiger partial charge is 0.652 e. The summed E-state index contributed by atoms with van der Waals surface area (Å²) in [6.45, 7) is 0. The van der Waals surface area contributed by atoms with E-state index in [-0.39, 0.29) is 55.1 Å². The second kappa shape index (κ2) is 9.41. The summed E-state index contributed by atoms with van der Waals surface area (Å²) in [5, 5.41) is 16.7. The zero-order valence-electron chi connectivity index (χ0n) is 3.01. The Bertz CT molecular complexity index is 33.8. The zero-order valence-corrected chi connectivity index (χ0v) is 6.37. The van der Waals surface area contributed by atoms with E-state index in [9.17, 15) is 0 Å². The van der Waals surface area contributed by atoms with Gasteiger partial charge < -0.3 is 15.0 Å². The van der Waals surface area contributed by atoms with Crippen LogP contribution >= 0.6 is 0 Å². The van der Waals surface area contributed by atoms with E-state index >= 15 is 0 Å². The molecule has 0 amide bonds. The molecule has 0 fully saturated rings. The largest absolute Gasteiger partial charge is 3.00 e. The van der Waals surface area contributed by atoms with Crippen LogP contribution in [-0.4, -0.2) is 61.3 Å². The fourth-order valence-corrected chi connectivity index (χ4v) is 0. The number of hydrogen-bond acceptors (Lipinski definition) is 3. The molecule has 0 saturated heterocycles. The van der Waals surface area contributed by atoms with Crippen LogP contribution < -0.4 is 10.2 Å². The summed E-state index contributed by atoms with van der Waals surface area (Å²) in [7, 11) is 0. The third kappa shape index (κ3) is 74.0. The van der Waals surface area contributed by atoms with Crippen LogP contribution in [0, 0.1) is 0 Å². The summed E-state index contributed by atoms with van der Waals surface area (Å²) in [5.41, 5.74) is 0. The van der Waals surface area contributed by atoms with Gasteiger partial charge in [-0.2, -0.15) is 0 Å². The Labute approximate surface area is 75.5 Å². The van der Waals surface area contributed by atoms with Gasteiger partial charge in [-0.3, -0.25) is 0 Å². The van der Waals surface area contributed by atoms with Crippen LogP contribution in [0.5, 0.6) is 0 Å². The first kappa shape index (κ1) is 15.7. The Morgan fingerprint density at radius 2 is 1.33 bits per heavy atom. The summed E-state index contributed by atoms with van der Waals surface area (Å²) in [5.74, 6) is 0. The SMILES string of the molecule is O=C([O-])[O-].[Al+3].[Ca+2]. The van der Waals surface area contributed by atoms with E-state index in [0.29, 0.717) is 0 Å². The summed E-state index contributed by atoms with van der Waals surface area (Å²) in [6.07, 6.45) is -2.33. The molecule has 0 heterocycles. The van der Waals surface area contributed by atoms with Gasteiger partial charge in [-0.25, -0.2) is 0 Å². The molecule has 0 N–H and O–H groups in total. The van der Waals surface area contributed by atoms with Crippen LogP contribution in [-0.2, 0) is 0 Å². The molecule has 0 radical (unpaired) electrons. The summed E-state index contributed by atoms with van der Waals surface area (Å²) < 4.78 is 0. The Balaban J connectivity index is -0.0000000450. The predicted molar refractivity (Wildman–Crippen MR) is 16.9 cm³/mol. The van der Waals surface area contributed by atoms with E-state index in [1.165, 1.54) is 0 Å². The van der Waals surface area contributed by atoms with Gasteiger partial charge in [-0.1, -0.05) is 0 Å². The number of carboxylic acid groups (broad SMARTS) is 2. The maximum Gasteiger partial charge on any atom is 3.00 e. The molecule has 24 valence electrons. The van der Waals surface area contributed by atoms with Gasteiger partial charge in [0.2, 0.25) is 0 Å². The molecule has 0 aromatic rings. The van der Waals surface area contributed by atoms with Gasteiger partial charge in [0.25, 0.3) is 0 Å². The molecule has 0 saturated carbocycles. The Kier molecular flexibility index (Phi) is 24.7. The third-order valence-corrected chi connectivity index (χ3v) is 0. The van der Waals surface area contributed by atoms with Crippen molar-refractivity contribution in [2.75, 3.05) is 0 Å². The molecule has 3 nitrogen and oxygen atoms in total. The zero-order chi connectivity index (χ0) is 3.58. The van der Waals surface area contributed by atoms with E-state index in [1.54, 1.807) is 0 Å². The van der Waals surface area contributed by atoms with E-state index in [2.05, 4.69) is 0 Å². The normalized spacial score (nSPS) is 4.00. The molecule has 0 atom stereocenters. The molecule has 0 aromatic carbocycles. The quantitative estimate of drug-likeness (QED) is 0.322. The molecule has 0 unspecified atom stereocenters. The standard InChI is InChI=1S/CH2O3.Al.Ca/c2-1(3)4;;/h(H2,2,3,4);;/q;+3;+2/p-2. The molecular weight excluding hydrogens is 127 g/mol. The Morgan fingerprint density at radius 1 is 1.33 bits per heavy atom. The molecule has 0 aliphatic rings. The van der Waals surface area contributed by atoms with Crippen LogP contribution in [0.2, 0.25) is 0 Å². The Hall–Kier alpha value is 1.06. The second-order valence-electron chi connectivity index (χ2n) is 0.250. The Morgan fingerprint density at radius 3 is 1.33 bits per heavy atom. The molecule has 0 bridgehead atoms. The van der Waals surface area contributed by atoms with E-state index in [0.717, 1.165) is 0 Å². The average Bonchev–Trinajstić information content (AvgIpc) is 0.811. The maximum absolute atomic E-state index is 8.33. The second-order valence-corrected chi connectivity index (χ2v) is 0.250. The maximum atomic E-state index is 8.33. The van der Waals surface area contributed by atoms with Gasteiger partial charge in [-0.05, 0) is 6.16 Å². The minimum Gasteiger partial charge on any atom is -0.652 e. The van der Waals surface area contributed by atoms with Crippen LogP contribution in [0.1, 0.15) is 0 Å². The monoisotopic (exact) mass is 127 g/mol. The fraction of sp³-hybridized carbons (Fsp3) is 0. The average molecular weight is 127 g/mol. The van der Waals surface area contributed by atoms with Crippen molar-refractivity contribution in [1.82, 2.24) is 0 Å². The molecule has 0 rings (SSSR count). The molecule has 0 aliphatic heterocycles. The fourth-order valence-electron chi connectivity index (χ4n) is 0. The topological polar surface area (TPSA) is 63.2 Å². The third-order valence-electron chi connectivity index (χ3n) is 0. The first-order chi connectivity index (χ1) is 1.73. The van der Waals surface area contributed by atoms with Crippen LogP contribution in [0.3, 0.4) is 0 Å². The summed E-state index contributed by atoms with van der Waals surface area (Å²) >= 11 is 0. The van der Waals surface area contributed by atoms with Crippen molar-refractivity contribution >= 4 is 61.3 Å². The van der Waals surface area contributed by atoms with Crippen molar-refractivity contribution in [1.29, 1.82) is 0 Å². The van der Waals surface area contributed by atoms with Crippen molar-refractivity contribution in [3.63, 3.8) is 0 Å². The molecule has 6 heavy (non-hydrogen) atoms. The van der Waals surface area contributed by atoms with Crippen molar-refractivity contribution in [3.8, 4) is 0 Å². The van der Waals surface area contributed by atoms with E-state index in [1.807, 2.05) is 0 Å². The summed E-state index contributed by atoms with van der Waals surface area (Å²) in [4.78, 5) is 8.33. The van der Waals surface area contributed by atoms with Gasteiger partial charge >= 0.3 is 55.1 Å². The first-order valence-corrected chi connectivity index (χ1v) is 0.612. The van der Waals surface area contributed by atoms with Crippen molar-refractivity contribution in [2.24, 2.45) is 0 Å². The van der Waals surface area contributed by atoms with Crippen LogP contribution in [0.15, 0.2) is 0 Å². The van der Waals surface area contributed by atoms with E-state index in [4.69, 9.17) is 15.0 Å². The molecule has 0 aromatic heterocycles. The van der Waals surface area contributed by atoms with Crippen molar-refractivity contribution in [2.45, 2.75) is 0 Å². The van der Waals surface area contributed by atoms with Crippen LogP contribution in [0.4, 0.5) is 4.79 Å². The predicted octanol–water partition coefficient (Wildman–Crippen LogP) is -3.21. The van der Waals surface area contributed by atoms with Gasteiger partial charge in [0, 0.05) is 0 Å². The minimum atomic E-state index is -2.33. The number of hydrogen-bond donors (Lipinski definition) is 0. The minimum absolute atomic E-state index is 0. The molecule has 0 spiro atoms. The van der Waals surface area contributed by atoms with Gasteiger partial charge in [0.05, 0.1) is 0 Å². The number of carbonyl (C=O) groups is 1. The van der Waals surface area contributed by atoms with Gasteiger partial charge in [0.15, 0.2) is 0 Å². The van der Waals surface area contributed by atoms with Crippen LogP contribution in [0.25, 0.3) is 0 Å².